The minimum Gasteiger partial charge on any atom is -0.497 e. The number of carboxylic acids is 1. The van der Waals surface area contributed by atoms with E-state index in [0.717, 1.165) is 36.8 Å². The van der Waals surface area contributed by atoms with Gasteiger partial charge in [0.05, 0.1) is 19.6 Å². The van der Waals surface area contributed by atoms with Gasteiger partial charge in [0.2, 0.25) is 0 Å². The summed E-state index contributed by atoms with van der Waals surface area (Å²) in [5.41, 5.74) is 3.72. The molecule has 1 aliphatic rings. The maximum atomic E-state index is 12.9. The molecule has 0 aliphatic heterocycles. The van der Waals surface area contributed by atoms with Gasteiger partial charge < -0.3 is 15.2 Å². The molecule has 5 heteroatoms. The first kappa shape index (κ1) is 18.0. The van der Waals surface area contributed by atoms with Gasteiger partial charge >= 0.3 is 5.97 Å². The molecule has 0 bridgehead atoms. The molecule has 0 radical (unpaired) electrons. The number of amides is 1. The Morgan fingerprint density at radius 3 is 2.54 bits per heavy atom. The van der Waals surface area contributed by atoms with Crippen LogP contribution in [0.2, 0.25) is 0 Å². The third-order valence-corrected chi connectivity index (χ3v) is 4.84. The molecule has 1 amide bonds. The van der Waals surface area contributed by atoms with E-state index in [2.05, 4.69) is 11.4 Å². The van der Waals surface area contributed by atoms with Crippen molar-refractivity contribution in [2.75, 3.05) is 7.11 Å². The number of ether oxygens (including phenoxy) is 1. The molecule has 2 aromatic carbocycles. The molecule has 26 heavy (non-hydrogen) atoms. The fourth-order valence-electron chi connectivity index (χ4n) is 3.49. The SMILES string of the molecule is COc1ccc(C(CC(=O)O)NC(=O)c2cccc3c2CCCC3)cc1. The van der Waals surface area contributed by atoms with E-state index >= 15 is 0 Å². The minimum absolute atomic E-state index is 0.174. The molecule has 0 saturated carbocycles. The number of hydrogen-bond acceptors (Lipinski definition) is 3. The van der Waals surface area contributed by atoms with Crippen LogP contribution in [-0.4, -0.2) is 24.1 Å². The van der Waals surface area contributed by atoms with Gasteiger partial charge in [-0.05, 0) is 60.6 Å². The highest BCUT2D eigenvalue weighted by molar-refractivity contribution is 5.96. The standard InChI is InChI=1S/C21H23NO4/c1-26-16-11-9-15(10-12-16)19(13-20(23)24)22-21(25)18-8-4-6-14-5-2-3-7-17(14)18/h4,6,8-12,19H,2-3,5,7,13H2,1H3,(H,22,25)(H,23,24). The lowest BCUT2D eigenvalue weighted by atomic mass is 9.88. The van der Waals surface area contributed by atoms with Crippen molar-refractivity contribution in [3.63, 3.8) is 0 Å². The van der Waals surface area contributed by atoms with Gasteiger partial charge in [0, 0.05) is 5.56 Å². The first-order valence-electron chi connectivity index (χ1n) is 8.86. The summed E-state index contributed by atoms with van der Waals surface area (Å²) in [5, 5.41) is 12.2. The van der Waals surface area contributed by atoms with Gasteiger partial charge in [0.15, 0.2) is 0 Å². The Morgan fingerprint density at radius 2 is 1.85 bits per heavy atom. The second kappa shape index (κ2) is 8.04. The number of carbonyl (C=O) groups excluding carboxylic acids is 1. The third-order valence-electron chi connectivity index (χ3n) is 4.84. The van der Waals surface area contributed by atoms with E-state index < -0.39 is 12.0 Å². The van der Waals surface area contributed by atoms with Crippen molar-refractivity contribution in [1.82, 2.24) is 5.32 Å². The zero-order chi connectivity index (χ0) is 18.5. The maximum absolute atomic E-state index is 12.9. The number of rotatable bonds is 6. The lowest BCUT2D eigenvalue weighted by Gasteiger charge is -2.22. The van der Waals surface area contributed by atoms with Gasteiger partial charge in [0.1, 0.15) is 5.75 Å². The predicted octanol–water partition coefficient (Wildman–Crippen LogP) is 3.52. The number of hydrogen-bond donors (Lipinski definition) is 2. The van der Waals surface area contributed by atoms with Crippen molar-refractivity contribution < 1.29 is 19.4 Å². The highest BCUT2D eigenvalue weighted by atomic mass is 16.5. The second-order valence-corrected chi connectivity index (χ2v) is 6.55. The average Bonchev–Trinajstić information content (AvgIpc) is 2.66. The predicted molar refractivity (Wildman–Crippen MR) is 98.5 cm³/mol. The molecule has 0 aromatic heterocycles. The van der Waals surface area contributed by atoms with Crippen LogP contribution in [0.15, 0.2) is 42.5 Å². The molecule has 5 nitrogen and oxygen atoms in total. The molecule has 1 aliphatic carbocycles. The Kier molecular flexibility index (Phi) is 5.56. The van der Waals surface area contributed by atoms with E-state index in [-0.39, 0.29) is 12.3 Å². The summed E-state index contributed by atoms with van der Waals surface area (Å²) < 4.78 is 5.14. The molecule has 136 valence electrons. The molecule has 3 rings (SSSR count). The summed E-state index contributed by atoms with van der Waals surface area (Å²) in [6.45, 7) is 0. The molecule has 0 saturated heterocycles. The molecular weight excluding hydrogens is 330 g/mol. The Balaban J connectivity index is 1.84. The maximum Gasteiger partial charge on any atom is 0.305 e. The van der Waals surface area contributed by atoms with E-state index in [1.807, 2.05) is 12.1 Å². The van der Waals surface area contributed by atoms with Crippen molar-refractivity contribution >= 4 is 11.9 Å². The van der Waals surface area contributed by atoms with Crippen LogP contribution in [0, 0.1) is 0 Å². The average molecular weight is 353 g/mol. The van der Waals surface area contributed by atoms with E-state index in [4.69, 9.17) is 4.74 Å². The van der Waals surface area contributed by atoms with Crippen LogP contribution in [0.3, 0.4) is 0 Å². The van der Waals surface area contributed by atoms with Crippen LogP contribution in [-0.2, 0) is 17.6 Å². The fourth-order valence-corrected chi connectivity index (χ4v) is 3.49. The first-order valence-corrected chi connectivity index (χ1v) is 8.86. The fraction of sp³-hybridized carbons (Fsp3) is 0.333. The lowest BCUT2D eigenvalue weighted by molar-refractivity contribution is -0.137. The van der Waals surface area contributed by atoms with Crippen LogP contribution in [0.25, 0.3) is 0 Å². The number of benzene rings is 2. The number of aryl methyl sites for hydroxylation is 1. The summed E-state index contributed by atoms with van der Waals surface area (Å²) in [5.74, 6) is -0.488. The molecule has 1 unspecified atom stereocenters. The molecule has 0 heterocycles. The van der Waals surface area contributed by atoms with E-state index in [1.165, 1.54) is 5.56 Å². The summed E-state index contributed by atoms with van der Waals surface area (Å²) in [6, 6.07) is 12.3. The van der Waals surface area contributed by atoms with Crippen LogP contribution in [0.1, 0.15) is 52.4 Å². The summed E-state index contributed by atoms with van der Waals surface area (Å²) >= 11 is 0. The van der Waals surface area contributed by atoms with E-state index in [9.17, 15) is 14.7 Å². The summed E-state index contributed by atoms with van der Waals surface area (Å²) in [4.78, 5) is 24.2. The van der Waals surface area contributed by atoms with E-state index in [0.29, 0.717) is 11.3 Å². The van der Waals surface area contributed by atoms with Crippen LogP contribution < -0.4 is 10.1 Å². The van der Waals surface area contributed by atoms with E-state index in [1.54, 1.807) is 31.4 Å². The van der Waals surface area contributed by atoms with Crippen LogP contribution in [0.4, 0.5) is 0 Å². The van der Waals surface area contributed by atoms with Gasteiger partial charge in [-0.15, -0.1) is 0 Å². The topological polar surface area (TPSA) is 75.6 Å². The number of carboxylic acid groups (broad SMARTS) is 1. The molecule has 0 spiro atoms. The number of nitrogens with one attached hydrogen (secondary N) is 1. The Hall–Kier alpha value is -2.82. The highest BCUT2D eigenvalue weighted by Crippen LogP contribution is 2.26. The van der Waals surface area contributed by atoms with Gasteiger partial charge in [-0.3, -0.25) is 9.59 Å². The Labute approximate surface area is 153 Å². The van der Waals surface area contributed by atoms with Gasteiger partial charge in [-0.25, -0.2) is 0 Å². The monoisotopic (exact) mass is 353 g/mol. The Morgan fingerprint density at radius 1 is 1.12 bits per heavy atom. The molecular formula is C21H23NO4. The smallest absolute Gasteiger partial charge is 0.305 e. The largest absolute Gasteiger partial charge is 0.497 e. The normalized spacial score (nSPS) is 14.2. The van der Waals surface area contributed by atoms with Crippen molar-refractivity contribution in [2.24, 2.45) is 0 Å². The molecule has 2 aromatic rings. The number of aliphatic carboxylic acids is 1. The zero-order valence-corrected chi connectivity index (χ0v) is 14.8. The quantitative estimate of drug-likeness (QED) is 0.833. The highest BCUT2D eigenvalue weighted by Gasteiger charge is 2.22. The summed E-state index contributed by atoms with van der Waals surface area (Å²) in [6.07, 6.45) is 3.94. The molecule has 0 fully saturated rings. The molecule has 1 atom stereocenters. The van der Waals surface area contributed by atoms with Gasteiger partial charge in [0.25, 0.3) is 5.91 Å². The van der Waals surface area contributed by atoms with Crippen molar-refractivity contribution in [3.05, 3.63) is 64.7 Å². The van der Waals surface area contributed by atoms with Crippen LogP contribution >= 0.6 is 0 Å². The number of methoxy groups -OCH3 is 1. The molecule has 2 N–H and O–H groups in total. The van der Waals surface area contributed by atoms with Gasteiger partial charge in [-0.2, -0.15) is 0 Å². The first-order chi connectivity index (χ1) is 12.6. The van der Waals surface area contributed by atoms with Crippen molar-refractivity contribution in [3.8, 4) is 5.75 Å². The third kappa shape index (κ3) is 4.04. The second-order valence-electron chi connectivity index (χ2n) is 6.55. The Bertz CT molecular complexity index is 798. The zero-order valence-electron chi connectivity index (χ0n) is 14.8. The number of fused-ring (bicyclic) bond motifs is 1. The lowest BCUT2D eigenvalue weighted by Crippen LogP contribution is -2.31. The van der Waals surface area contributed by atoms with Gasteiger partial charge in [-0.1, -0.05) is 24.3 Å². The van der Waals surface area contributed by atoms with Crippen molar-refractivity contribution in [1.29, 1.82) is 0 Å². The minimum atomic E-state index is -0.957. The van der Waals surface area contributed by atoms with Crippen LogP contribution in [0.5, 0.6) is 5.75 Å². The summed E-state index contributed by atoms with van der Waals surface area (Å²) in [7, 11) is 1.57. The van der Waals surface area contributed by atoms with Crippen molar-refractivity contribution in [2.45, 2.75) is 38.1 Å². The number of carbonyl (C=O) groups is 2.